The van der Waals surface area contributed by atoms with Gasteiger partial charge in [-0.1, -0.05) is 30.4 Å². The summed E-state index contributed by atoms with van der Waals surface area (Å²) in [5.41, 5.74) is 0.663. The molecule has 5 aliphatic rings. The second-order valence-corrected chi connectivity index (χ2v) is 6.63. The first-order valence-corrected chi connectivity index (χ1v) is 7.95. The fourth-order valence-corrected chi connectivity index (χ4v) is 4.80. The molecule has 2 amide bonds. The molecule has 1 saturated heterocycles. The summed E-state index contributed by atoms with van der Waals surface area (Å²) in [6, 6.07) is 9.29. The molecule has 6 atom stereocenters. The van der Waals surface area contributed by atoms with Crippen LogP contribution in [0.2, 0.25) is 0 Å². The fraction of sp³-hybridized carbons (Fsp3) is 0.389. The average molecular weight is 308 g/mol. The molecule has 2 bridgehead atoms. The maximum absolute atomic E-state index is 13.0. The Kier molecular flexibility index (Phi) is 2.45. The maximum atomic E-state index is 13.0. The highest BCUT2D eigenvalue weighted by Gasteiger charge is 2.66. The van der Waals surface area contributed by atoms with Crippen molar-refractivity contribution in [1.82, 2.24) is 0 Å². The molecular formula is C18H16N2O3. The van der Waals surface area contributed by atoms with Crippen LogP contribution in [0.5, 0.6) is 0 Å². The van der Waals surface area contributed by atoms with Gasteiger partial charge in [0.15, 0.2) is 5.90 Å². The first kappa shape index (κ1) is 13.0. The molecule has 2 heterocycles. The van der Waals surface area contributed by atoms with E-state index in [1.807, 2.05) is 30.3 Å². The topological polar surface area (TPSA) is 59.0 Å². The summed E-state index contributed by atoms with van der Waals surface area (Å²) in [5, 5.41) is 0. The van der Waals surface area contributed by atoms with E-state index >= 15 is 0 Å². The van der Waals surface area contributed by atoms with E-state index in [2.05, 4.69) is 17.1 Å². The van der Waals surface area contributed by atoms with Crippen LogP contribution in [0.3, 0.4) is 0 Å². The molecule has 3 aliphatic carbocycles. The SMILES string of the molecule is COC1=N[C@@H]2[C@H]3C=C[C@H]([C@H]4C(=O)N(c5ccccc5)C(=O)[C@H]34)[C@H]12. The lowest BCUT2D eigenvalue weighted by atomic mass is 9.54. The summed E-state index contributed by atoms with van der Waals surface area (Å²) in [6.45, 7) is 0. The van der Waals surface area contributed by atoms with Gasteiger partial charge in [-0.3, -0.25) is 19.5 Å². The van der Waals surface area contributed by atoms with Crippen molar-refractivity contribution >= 4 is 23.4 Å². The third kappa shape index (κ3) is 1.45. The predicted molar refractivity (Wildman–Crippen MR) is 83.8 cm³/mol. The number of benzene rings is 1. The van der Waals surface area contributed by atoms with Gasteiger partial charge < -0.3 is 4.74 Å². The lowest BCUT2D eigenvalue weighted by Gasteiger charge is -2.52. The highest BCUT2D eigenvalue weighted by atomic mass is 16.5. The molecule has 6 rings (SSSR count). The number of imide groups is 1. The molecule has 1 aromatic carbocycles. The summed E-state index contributed by atoms with van der Waals surface area (Å²) >= 11 is 0. The first-order chi connectivity index (χ1) is 11.2. The number of ether oxygens (including phenoxy) is 1. The molecule has 1 saturated carbocycles. The zero-order valence-electron chi connectivity index (χ0n) is 12.6. The largest absolute Gasteiger partial charge is 0.484 e. The fourth-order valence-electron chi connectivity index (χ4n) is 4.80. The van der Waals surface area contributed by atoms with Crippen molar-refractivity contribution in [1.29, 1.82) is 0 Å². The average Bonchev–Trinajstić information content (AvgIpc) is 2.82. The molecule has 0 N–H and O–H groups in total. The van der Waals surface area contributed by atoms with Crippen LogP contribution in [-0.4, -0.2) is 30.9 Å². The molecule has 116 valence electrons. The van der Waals surface area contributed by atoms with Crippen LogP contribution in [0.25, 0.3) is 0 Å². The number of methoxy groups -OCH3 is 1. The Morgan fingerprint density at radius 3 is 2.30 bits per heavy atom. The summed E-state index contributed by atoms with van der Waals surface area (Å²) in [5.74, 6) is 0.207. The number of allylic oxidation sites excluding steroid dienone is 1. The van der Waals surface area contributed by atoms with Gasteiger partial charge in [0.2, 0.25) is 11.8 Å². The molecule has 23 heavy (non-hydrogen) atoms. The Hall–Kier alpha value is -2.43. The van der Waals surface area contributed by atoms with Crippen LogP contribution in [0.4, 0.5) is 5.69 Å². The number of amides is 2. The molecule has 5 nitrogen and oxygen atoms in total. The molecular weight excluding hydrogens is 292 g/mol. The van der Waals surface area contributed by atoms with Gasteiger partial charge in [0, 0.05) is 11.8 Å². The smallest absolute Gasteiger partial charge is 0.238 e. The van der Waals surface area contributed by atoms with E-state index in [-0.39, 0.29) is 47.4 Å². The molecule has 0 unspecified atom stereocenters. The van der Waals surface area contributed by atoms with Crippen LogP contribution in [-0.2, 0) is 14.3 Å². The van der Waals surface area contributed by atoms with Gasteiger partial charge in [0.05, 0.1) is 36.6 Å². The van der Waals surface area contributed by atoms with Crippen molar-refractivity contribution < 1.29 is 14.3 Å². The van der Waals surface area contributed by atoms with Crippen LogP contribution >= 0.6 is 0 Å². The minimum atomic E-state index is -0.278. The summed E-state index contributed by atoms with van der Waals surface area (Å²) in [6.07, 6.45) is 4.18. The van der Waals surface area contributed by atoms with Crippen molar-refractivity contribution in [2.45, 2.75) is 6.04 Å². The van der Waals surface area contributed by atoms with Gasteiger partial charge in [0.1, 0.15) is 0 Å². The number of anilines is 1. The van der Waals surface area contributed by atoms with E-state index in [4.69, 9.17) is 4.74 Å². The zero-order chi connectivity index (χ0) is 15.7. The van der Waals surface area contributed by atoms with Crippen molar-refractivity contribution in [2.24, 2.45) is 34.6 Å². The summed E-state index contributed by atoms with van der Waals surface area (Å²) in [7, 11) is 1.62. The standard InChI is InChI=1S/C18H16N2O3/c1-23-16-14-10-7-8-11(15(14)19-16)13-12(10)17(21)20(18(13)22)9-5-3-2-4-6-9/h2-8,10-15H,1H3/t10-,11+,12-,13-,14+,15-/m1/s1. The number of para-hydroxylation sites is 1. The van der Waals surface area contributed by atoms with Gasteiger partial charge in [-0.05, 0) is 12.1 Å². The van der Waals surface area contributed by atoms with Crippen molar-refractivity contribution in [3.63, 3.8) is 0 Å². The van der Waals surface area contributed by atoms with Crippen LogP contribution in [0.15, 0.2) is 47.5 Å². The maximum Gasteiger partial charge on any atom is 0.238 e. The highest BCUT2D eigenvalue weighted by molar-refractivity contribution is 6.23. The van der Waals surface area contributed by atoms with E-state index < -0.39 is 0 Å². The van der Waals surface area contributed by atoms with E-state index in [9.17, 15) is 9.59 Å². The number of nitrogens with zero attached hydrogens (tertiary/aromatic N) is 2. The summed E-state index contributed by atoms with van der Waals surface area (Å²) < 4.78 is 5.34. The second-order valence-electron chi connectivity index (χ2n) is 6.63. The monoisotopic (exact) mass is 308 g/mol. The molecule has 0 radical (unpaired) electrons. The third-order valence-electron chi connectivity index (χ3n) is 5.74. The van der Waals surface area contributed by atoms with Gasteiger partial charge >= 0.3 is 0 Å². The number of rotatable bonds is 1. The predicted octanol–water partition coefficient (Wildman–Crippen LogP) is 1.65. The minimum absolute atomic E-state index is 0.0130. The van der Waals surface area contributed by atoms with Crippen molar-refractivity contribution in [2.75, 3.05) is 12.0 Å². The number of aliphatic imine (C=N–C) groups is 1. The zero-order valence-corrected chi connectivity index (χ0v) is 12.6. The van der Waals surface area contributed by atoms with Gasteiger partial charge in [0.25, 0.3) is 0 Å². The molecule has 2 aliphatic heterocycles. The van der Waals surface area contributed by atoms with Crippen LogP contribution in [0.1, 0.15) is 0 Å². The Balaban J connectivity index is 1.57. The van der Waals surface area contributed by atoms with E-state index in [1.54, 1.807) is 7.11 Å². The Morgan fingerprint density at radius 2 is 1.61 bits per heavy atom. The van der Waals surface area contributed by atoms with Crippen molar-refractivity contribution in [3.05, 3.63) is 42.5 Å². The Bertz CT molecular complexity index is 770. The number of carbonyl (C=O) groups excluding carboxylic acids is 2. The second kappa shape index (κ2) is 4.31. The van der Waals surface area contributed by atoms with Gasteiger partial charge in [-0.15, -0.1) is 0 Å². The molecule has 0 spiro atoms. The van der Waals surface area contributed by atoms with Gasteiger partial charge in [-0.2, -0.15) is 0 Å². The van der Waals surface area contributed by atoms with Gasteiger partial charge in [-0.25, -0.2) is 0 Å². The lowest BCUT2D eigenvalue weighted by molar-refractivity contribution is -0.126. The van der Waals surface area contributed by atoms with E-state index in [0.29, 0.717) is 5.69 Å². The quantitative estimate of drug-likeness (QED) is 0.585. The minimum Gasteiger partial charge on any atom is -0.484 e. The number of carbonyl (C=O) groups is 2. The number of hydrogen-bond donors (Lipinski definition) is 0. The first-order valence-electron chi connectivity index (χ1n) is 7.95. The molecule has 0 aromatic heterocycles. The van der Waals surface area contributed by atoms with E-state index in [0.717, 1.165) is 5.90 Å². The lowest BCUT2D eigenvalue weighted by Crippen LogP contribution is -2.59. The van der Waals surface area contributed by atoms with Crippen LogP contribution in [0, 0.1) is 29.6 Å². The Morgan fingerprint density at radius 1 is 0.957 bits per heavy atom. The van der Waals surface area contributed by atoms with E-state index in [1.165, 1.54) is 4.90 Å². The third-order valence-corrected chi connectivity index (χ3v) is 5.74. The molecule has 5 heteroatoms. The van der Waals surface area contributed by atoms with Crippen LogP contribution < -0.4 is 4.90 Å². The normalized spacial score (nSPS) is 39.7. The summed E-state index contributed by atoms with van der Waals surface area (Å²) in [4.78, 5) is 31.9. The Labute approximate surface area is 133 Å². The molecule has 2 fully saturated rings. The number of hydrogen-bond acceptors (Lipinski definition) is 4. The highest BCUT2D eigenvalue weighted by Crippen LogP contribution is 2.56. The van der Waals surface area contributed by atoms with Crippen molar-refractivity contribution in [3.8, 4) is 0 Å². The molecule has 1 aromatic rings.